The Hall–Kier alpha value is -0.960. The van der Waals surface area contributed by atoms with Crippen molar-refractivity contribution in [1.29, 1.82) is 0 Å². The van der Waals surface area contributed by atoms with Gasteiger partial charge in [-0.15, -0.1) is 0 Å². The number of thioether (sulfide) groups is 1. The summed E-state index contributed by atoms with van der Waals surface area (Å²) in [5, 5.41) is 0. The van der Waals surface area contributed by atoms with E-state index in [0.29, 0.717) is 0 Å². The van der Waals surface area contributed by atoms with Crippen LogP contribution in [0.4, 0.5) is 0 Å². The highest BCUT2D eigenvalue weighted by Gasteiger charge is 2.15. The van der Waals surface area contributed by atoms with Gasteiger partial charge in [-0.05, 0) is 17.9 Å². The van der Waals surface area contributed by atoms with Crippen LogP contribution in [-0.2, 0) is 12.2 Å². The van der Waals surface area contributed by atoms with E-state index < -0.39 is 0 Å². The molecule has 1 aliphatic rings. The van der Waals surface area contributed by atoms with Crippen molar-refractivity contribution in [2.75, 3.05) is 5.75 Å². The summed E-state index contributed by atoms with van der Waals surface area (Å²) in [7, 11) is 0. The number of rotatable bonds is 0. The second kappa shape index (κ2) is 2.77. The van der Waals surface area contributed by atoms with Crippen LogP contribution in [0.2, 0.25) is 0 Å². The number of imidazole rings is 1. The number of nitrogens with zero attached hydrogens (tertiary/aromatic N) is 2. The molecule has 0 aliphatic carbocycles. The van der Waals surface area contributed by atoms with Crippen LogP contribution in [0.5, 0.6) is 0 Å². The zero-order valence-corrected chi connectivity index (χ0v) is 8.05. The summed E-state index contributed by atoms with van der Waals surface area (Å²) in [6, 6.07) is 6.18. The Morgan fingerprint density at radius 2 is 2.38 bits per heavy atom. The Bertz CT molecular complexity index is 447. The minimum Gasteiger partial charge on any atom is -0.303 e. The molecule has 13 heavy (non-hydrogen) atoms. The van der Waals surface area contributed by atoms with Crippen LogP contribution in [0.15, 0.2) is 24.4 Å². The molecule has 0 aromatic carbocycles. The lowest BCUT2D eigenvalue weighted by atomic mass is 10.3. The van der Waals surface area contributed by atoms with Gasteiger partial charge in [-0.2, -0.15) is 11.8 Å². The van der Waals surface area contributed by atoms with Crippen LogP contribution >= 0.6 is 11.8 Å². The molecule has 3 heteroatoms. The molecule has 0 unspecified atom stereocenters. The van der Waals surface area contributed by atoms with Gasteiger partial charge in [0.25, 0.3) is 0 Å². The molecule has 2 nitrogen and oxygen atoms in total. The fraction of sp³-hybridized carbons (Fsp3) is 0.300. The molecule has 0 radical (unpaired) electrons. The van der Waals surface area contributed by atoms with Crippen molar-refractivity contribution in [3.63, 3.8) is 0 Å². The first-order valence-electron chi connectivity index (χ1n) is 4.48. The van der Waals surface area contributed by atoms with Gasteiger partial charge < -0.3 is 4.40 Å². The van der Waals surface area contributed by atoms with E-state index in [1.807, 2.05) is 17.8 Å². The van der Waals surface area contributed by atoms with Gasteiger partial charge >= 0.3 is 0 Å². The van der Waals surface area contributed by atoms with Crippen LogP contribution < -0.4 is 0 Å². The lowest BCUT2D eigenvalue weighted by Crippen LogP contribution is -2.02. The largest absolute Gasteiger partial charge is 0.303 e. The average molecular weight is 190 g/mol. The Morgan fingerprint density at radius 3 is 3.38 bits per heavy atom. The van der Waals surface area contributed by atoms with Crippen molar-refractivity contribution in [3.8, 4) is 0 Å². The van der Waals surface area contributed by atoms with Gasteiger partial charge in [0.05, 0.1) is 11.4 Å². The summed E-state index contributed by atoms with van der Waals surface area (Å²) in [5.74, 6) is 2.33. The SMILES string of the molecule is c1ccn2c3c(nc2c1)CCSC3. The highest BCUT2D eigenvalue weighted by molar-refractivity contribution is 7.98. The predicted octanol–water partition coefficient (Wildman–Crippen LogP) is 2.12. The number of pyridine rings is 1. The monoisotopic (exact) mass is 190 g/mol. The summed E-state index contributed by atoms with van der Waals surface area (Å²) in [4.78, 5) is 4.60. The molecule has 0 amide bonds. The molecule has 2 aromatic heterocycles. The molecule has 0 saturated carbocycles. The van der Waals surface area contributed by atoms with Crippen LogP contribution in [0, 0.1) is 0 Å². The molecule has 0 bridgehead atoms. The highest BCUT2D eigenvalue weighted by atomic mass is 32.2. The molecular formula is C10H10N2S. The molecule has 0 saturated heterocycles. The Balaban J connectivity index is 2.34. The first-order chi connectivity index (χ1) is 6.45. The van der Waals surface area contributed by atoms with Crippen molar-refractivity contribution >= 4 is 17.4 Å². The summed E-state index contributed by atoms with van der Waals surface area (Å²) < 4.78 is 2.21. The maximum Gasteiger partial charge on any atom is 0.137 e. The topological polar surface area (TPSA) is 17.3 Å². The Labute approximate surface area is 81.0 Å². The van der Waals surface area contributed by atoms with Gasteiger partial charge in [0.1, 0.15) is 5.65 Å². The molecule has 0 N–H and O–H groups in total. The number of fused-ring (bicyclic) bond motifs is 3. The molecule has 0 atom stereocenters. The average Bonchev–Trinajstić information content (AvgIpc) is 2.56. The smallest absolute Gasteiger partial charge is 0.137 e. The van der Waals surface area contributed by atoms with Crippen LogP contribution in [0.1, 0.15) is 11.4 Å². The summed E-state index contributed by atoms with van der Waals surface area (Å²) >= 11 is 2.00. The van der Waals surface area contributed by atoms with Gasteiger partial charge in [-0.3, -0.25) is 0 Å². The molecule has 1 aliphatic heterocycles. The molecule has 0 fully saturated rings. The summed E-state index contributed by atoms with van der Waals surface area (Å²) in [6.07, 6.45) is 3.23. The fourth-order valence-corrected chi connectivity index (χ4v) is 2.77. The standard InChI is InChI=1S/C10H10N2S/c1-2-5-12-9-7-13-6-4-8(9)11-10(12)3-1/h1-3,5H,4,6-7H2. The van der Waals surface area contributed by atoms with Crippen molar-refractivity contribution in [2.24, 2.45) is 0 Å². The predicted molar refractivity (Wildman–Crippen MR) is 55.1 cm³/mol. The zero-order chi connectivity index (χ0) is 8.67. The molecule has 66 valence electrons. The number of hydrogen-bond donors (Lipinski definition) is 0. The normalized spacial score (nSPS) is 16.0. The number of hydrogen-bond acceptors (Lipinski definition) is 2. The van der Waals surface area contributed by atoms with E-state index in [-0.39, 0.29) is 0 Å². The van der Waals surface area contributed by atoms with Gasteiger partial charge in [0.2, 0.25) is 0 Å². The molecular weight excluding hydrogens is 180 g/mol. The summed E-state index contributed by atoms with van der Waals surface area (Å²) in [5.41, 5.74) is 3.78. The molecule has 3 heterocycles. The van der Waals surface area contributed by atoms with E-state index in [9.17, 15) is 0 Å². The quantitative estimate of drug-likeness (QED) is 0.633. The molecule has 2 aromatic rings. The van der Waals surface area contributed by atoms with E-state index in [1.165, 1.54) is 17.1 Å². The van der Waals surface area contributed by atoms with Crippen molar-refractivity contribution in [1.82, 2.24) is 9.38 Å². The third-order valence-corrected chi connectivity index (χ3v) is 3.40. The fourth-order valence-electron chi connectivity index (χ4n) is 1.79. The maximum absolute atomic E-state index is 4.60. The minimum absolute atomic E-state index is 1.09. The second-order valence-electron chi connectivity index (χ2n) is 3.24. The van der Waals surface area contributed by atoms with E-state index >= 15 is 0 Å². The van der Waals surface area contributed by atoms with E-state index in [4.69, 9.17) is 0 Å². The van der Waals surface area contributed by atoms with Gasteiger partial charge in [0.15, 0.2) is 0 Å². The molecule has 3 rings (SSSR count). The van der Waals surface area contributed by atoms with Crippen molar-refractivity contribution in [2.45, 2.75) is 12.2 Å². The van der Waals surface area contributed by atoms with Gasteiger partial charge in [0, 0.05) is 18.4 Å². The van der Waals surface area contributed by atoms with Crippen molar-refractivity contribution in [3.05, 3.63) is 35.8 Å². The Morgan fingerprint density at radius 1 is 1.38 bits per heavy atom. The lowest BCUT2D eigenvalue weighted by molar-refractivity contribution is 0.992. The number of aromatic nitrogens is 2. The first-order valence-corrected chi connectivity index (χ1v) is 5.63. The van der Waals surface area contributed by atoms with E-state index in [2.05, 4.69) is 27.7 Å². The van der Waals surface area contributed by atoms with Gasteiger partial charge in [-0.25, -0.2) is 4.98 Å². The Kier molecular flexibility index (Phi) is 1.59. The van der Waals surface area contributed by atoms with E-state index in [0.717, 1.165) is 17.8 Å². The van der Waals surface area contributed by atoms with E-state index in [1.54, 1.807) is 0 Å². The third-order valence-electron chi connectivity index (χ3n) is 2.43. The summed E-state index contributed by atoms with van der Waals surface area (Å²) in [6.45, 7) is 0. The second-order valence-corrected chi connectivity index (χ2v) is 4.34. The third kappa shape index (κ3) is 1.07. The van der Waals surface area contributed by atoms with Gasteiger partial charge in [-0.1, -0.05) is 6.07 Å². The van der Waals surface area contributed by atoms with Crippen LogP contribution in [0.3, 0.4) is 0 Å². The highest BCUT2D eigenvalue weighted by Crippen LogP contribution is 2.24. The minimum atomic E-state index is 1.09. The zero-order valence-electron chi connectivity index (χ0n) is 7.23. The van der Waals surface area contributed by atoms with Crippen LogP contribution in [-0.4, -0.2) is 15.1 Å². The van der Waals surface area contributed by atoms with Crippen molar-refractivity contribution < 1.29 is 0 Å². The van der Waals surface area contributed by atoms with Crippen LogP contribution in [0.25, 0.3) is 5.65 Å². The molecule has 0 spiro atoms. The number of aryl methyl sites for hydroxylation is 1. The lowest BCUT2D eigenvalue weighted by Gasteiger charge is -2.09. The first kappa shape index (κ1) is 7.44. The maximum atomic E-state index is 4.60.